The smallest absolute Gasteiger partial charge is 0.0105 e. The molecule has 0 aliphatic heterocycles. The van der Waals surface area contributed by atoms with Crippen LogP contribution < -0.4 is 5.73 Å². The third-order valence-electron chi connectivity index (χ3n) is 2.73. The maximum Gasteiger partial charge on any atom is 0.0105 e. The molecular formula is C14H23N. The molecule has 1 aromatic carbocycles. The molecule has 0 spiro atoms. The Morgan fingerprint density at radius 3 is 1.87 bits per heavy atom. The van der Waals surface area contributed by atoms with Crippen LogP contribution in [0.4, 0.5) is 0 Å². The van der Waals surface area contributed by atoms with Gasteiger partial charge in [0.2, 0.25) is 0 Å². The number of nitrogens with two attached hydrogens (primary N) is 1. The van der Waals surface area contributed by atoms with Crippen LogP contribution in [0.25, 0.3) is 0 Å². The highest BCUT2D eigenvalue weighted by Gasteiger charge is 2.27. The van der Waals surface area contributed by atoms with Crippen LogP contribution in [0.15, 0.2) is 24.3 Å². The van der Waals surface area contributed by atoms with E-state index in [1.807, 2.05) is 0 Å². The number of hydrogen-bond acceptors (Lipinski definition) is 1. The van der Waals surface area contributed by atoms with E-state index in [0.29, 0.717) is 0 Å². The quantitative estimate of drug-likeness (QED) is 0.804. The van der Waals surface area contributed by atoms with Gasteiger partial charge in [-0.25, -0.2) is 0 Å². The monoisotopic (exact) mass is 205 g/mol. The molecule has 0 aliphatic carbocycles. The summed E-state index contributed by atoms with van der Waals surface area (Å²) in [6, 6.07) is 8.75. The SMILES string of the molecule is Cc1ccc(C(C)(C)CC(C)(C)N)cc1. The maximum atomic E-state index is 6.09. The molecule has 0 saturated carbocycles. The Bertz CT molecular complexity index is 314. The Hall–Kier alpha value is -0.820. The summed E-state index contributed by atoms with van der Waals surface area (Å²) in [5, 5.41) is 0. The lowest BCUT2D eigenvalue weighted by Crippen LogP contribution is -2.39. The highest BCUT2D eigenvalue weighted by atomic mass is 14.7. The second kappa shape index (κ2) is 3.97. The topological polar surface area (TPSA) is 26.0 Å². The van der Waals surface area contributed by atoms with Gasteiger partial charge in [0.05, 0.1) is 0 Å². The molecular weight excluding hydrogens is 182 g/mol. The number of benzene rings is 1. The van der Waals surface area contributed by atoms with Gasteiger partial charge in [-0.15, -0.1) is 0 Å². The number of aryl methyl sites for hydroxylation is 1. The summed E-state index contributed by atoms with van der Waals surface area (Å²) in [7, 11) is 0. The standard InChI is InChI=1S/C14H23N/c1-11-6-8-12(9-7-11)13(2,3)10-14(4,5)15/h6-9H,10,15H2,1-5H3. The molecule has 1 nitrogen and oxygen atoms in total. The fourth-order valence-electron chi connectivity index (χ4n) is 2.25. The predicted octanol–water partition coefficient (Wildman–Crippen LogP) is 3.40. The highest BCUT2D eigenvalue weighted by molar-refractivity contribution is 5.27. The molecule has 0 fully saturated rings. The van der Waals surface area contributed by atoms with Crippen LogP contribution in [0.5, 0.6) is 0 Å². The molecule has 1 rings (SSSR count). The van der Waals surface area contributed by atoms with Crippen LogP contribution in [-0.4, -0.2) is 5.54 Å². The first-order valence-corrected chi connectivity index (χ1v) is 5.57. The van der Waals surface area contributed by atoms with E-state index in [2.05, 4.69) is 58.9 Å². The largest absolute Gasteiger partial charge is 0.326 e. The van der Waals surface area contributed by atoms with Crippen molar-refractivity contribution in [2.24, 2.45) is 5.73 Å². The Morgan fingerprint density at radius 2 is 1.47 bits per heavy atom. The van der Waals surface area contributed by atoms with Gasteiger partial charge in [0.15, 0.2) is 0 Å². The Kier molecular flexibility index (Phi) is 3.25. The molecule has 0 radical (unpaired) electrons. The van der Waals surface area contributed by atoms with Crippen LogP contribution in [0, 0.1) is 6.92 Å². The van der Waals surface area contributed by atoms with Crippen molar-refractivity contribution in [2.45, 2.75) is 52.0 Å². The molecule has 1 aromatic rings. The minimum atomic E-state index is -0.117. The lowest BCUT2D eigenvalue weighted by atomic mass is 9.75. The molecule has 0 heterocycles. The molecule has 0 bridgehead atoms. The summed E-state index contributed by atoms with van der Waals surface area (Å²) in [5.41, 5.74) is 8.79. The van der Waals surface area contributed by atoms with Crippen molar-refractivity contribution in [3.63, 3.8) is 0 Å². The van der Waals surface area contributed by atoms with Crippen molar-refractivity contribution in [2.75, 3.05) is 0 Å². The Morgan fingerprint density at radius 1 is 1.00 bits per heavy atom. The molecule has 0 aromatic heterocycles. The van der Waals surface area contributed by atoms with Crippen LogP contribution >= 0.6 is 0 Å². The normalized spacial score (nSPS) is 12.9. The molecule has 0 atom stereocenters. The van der Waals surface area contributed by atoms with E-state index in [-0.39, 0.29) is 11.0 Å². The van der Waals surface area contributed by atoms with Crippen LogP contribution in [0.3, 0.4) is 0 Å². The van der Waals surface area contributed by atoms with Crippen molar-refractivity contribution < 1.29 is 0 Å². The van der Waals surface area contributed by atoms with Gasteiger partial charge in [0.1, 0.15) is 0 Å². The van der Waals surface area contributed by atoms with Crippen molar-refractivity contribution >= 4 is 0 Å². The minimum Gasteiger partial charge on any atom is -0.326 e. The second-order valence-corrected chi connectivity index (χ2v) is 5.92. The van der Waals surface area contributed by atoms with Gasteiger partial charge in [-0.2, -0.15) is 0 Å². The molecule has 1 heteroatoms. The summed E-state index contributed by atoms with van der Waals surface area (Å²) in [6.45, 7) is 10.8. The van der Waals surface area contributed by atoms with E-state index in [4.69, 9.17) is 5.73 Å². The predicted molar refractivity (Wildman–Crippen MR) is 67.1 cm³/mol. The second-order valence-electron chi connectivity index (χ2n) is 5.92. The fraction of sp³-hybridized carbons (Fsp3) is 0.571. The van der Waals surface area contributed by atoms with E-state index < -0.39 is 0 Å². The summed E-state index contributed by atoms with van der Waals surface area (Å²) in [4.78, 5) is 0. The Labute approximate surface area is 93.7 Å². The first-order chi connectivity index (χ1) is 6.71. The summed E-state index contributed by atoms with van der Waals surface area (Å²) < 4.78 is 0. The third kappa shape index (κ3) is 3.67. The molecule has 2 N–H and O–H groups in total. The first-order valence-electron chi connectivity index (χ1n) is 5.57. The van der Waals surface area contributed by atoms with E-state index >= 15 is 0 Å². The van der Waals surface area contributed by atoms with Gasteiger partial charge >= 0.3 is 0 Å². The van der Waals surface area contributed by atoms with Gasteiger partial charge < -0.3 is 5.73 Å². The molecule has 0 aliphatic rings. The average molecular weight is 205 g/mol. The van der Waals surface area contributed by atoms with Gasteiger partial charge in [-0.05, 0) is 38.2 Å². The summed E-state index contributed by atoms with van der Waals surface area (Å²) >= 11 is 0. The third-order valence-corrected chi connectivity index (χ3v) is 2.73. The lowest BCUT2D eigenvalue weighted by molar-refractivity contribution is 0.350. The Balaban J connectivity index is 2.90. The zero-order valence-corrected chi connectivity index (χ0v) is 10.6. The molecule has 0 unspecified atom stereocenters. The zero-order chi connectivity index (χ0) is 11.7. The molecule has 15 heavy (non-hydrogen) atoms. The van der Waals surface area contributed by atoms with Crippen molar-refractivity contribution in [3.05, 3.63) is 35.4 Å². The van der Waals surface area contributed by atoms with Crippen molar-refractivity contribution in [1.29, 1.82) is 0 Å². The summed E-state index contributed by atoms with van der Waals surface area (Å²) in [6.07, 6.45) is 0.989. The lowest BCUT2D eigenvalue weighted by Gasteiger charge is -2.32. The molecule has 0 saturated heterocycles. The number of hydrogen-bond donors (Lipinski definition) is 1. The van der Waals surface area contributed by atoms with Crippen LogP contribution in [0.1, 0.15) is 45.2 Å². The van der Waals surface area contributed by atoms with E-state index in [1.165, 1.54) is 11.1 Å². The van der Waals surface area contributed by atoms with Crippen molar-refractivity contribution in [1.82, 2.24) is 0 Å². The molecule has 84 valence electrons. The minimum absolute atomic E-state index is 0.117. The fourth-order valence-corrected chi connectivity index (χ4v) is 2.25. The van der Waals surface area contributed by atoms with Crippen LogP contribution in [0.2, 0.25) is 0 Å². The highest BCUT2D eigenvalue weighted by Crippen LogP contribution is 2.31. The van der Waals surface area contributed by atoms with E-state index in [1.54, 1.807) is 0 Å². The van der Waals surface area contributed by atoms with Gasteiger partial charge in [0.25, 0.3) is 0 Å². The van der Waals surface area contributed by atoms with E-state index in [0.717, 1.165) is 6.42 Å². The van der Waals surface area contributed by atoms with Gasteiger partial charge in [0, 0.05) is 5.54 Å². The zero-order valence-electron chi connectivity index (χ0n) is 10.6. The number of rotatable bonds is 3. The average Bonchev–Trinajstić information content (AvgIpc) is 2.00. The summed E-state index contributed by atoms with van der Waals surface area (Å²) in [5.74, 6) is 0. The maximum absolute atomic E-state index is 6.09. The molecule has 0 amide bonds. The van der Waals surface area contributed by atoms with Gasteiger partial charge in [-0.1, -0.05) is 43.7 Å². The van der Waals surface area contributed by atoms with Gasteiger partial charge in [-0.3, -0.25) is 0 Å². The van der Waals surface area contributed by atoms with Crippen molar-refractivity contribution in [3.8, 4) is 0 Å². The van der Waals surface area contributed by atoms with Crippen LogP contribution in [-0.2, 0) is 5.41 Å². The first kappa shape index (κ1) is 12.3. The van der Waals surface area contributed by atoms with E-state index in [9.17, 15) is 0 Å².